The highest BCUT2D eigenvalue weighted by Gasteiger charge is 2.35. The molecule has 0 N–H and O–H groups in total. The summed E-state index contributed by atoms with van der Waals surface area (Å²) >= 11 is 0. The van der Waals surface area contributed by atoms with Crippen LogP contribution in [0.4, 0.5) is 0 Å². The van der Waals surface area contributed by atoms with Crippen molar-refractivity contribution in [2.75, 3.05) is 0 Å². The number of hydrogen-bond donors (Lipinski definition) is 0. The first-order chi connectivity index (χ1) is 4.91. The second-order valence-electron chi connectivity index (χ2n) is 3.11. The van der Waals surface area contributed by atoms with Crippen LogP contribution < -0.4 is 0 Å². The smallest absolute Gasteiger partial charge is 0.136 e. The van der Waals surface area contributed by atoms with Crippen molar-refractivity contribution in [3.05, 3.63) is 12.3 Å². The van der Waals surface area contributed by atoms with Crippen LogP contribution in [0, 0.1) is 0 Å². The molecule has 0 saturated heterocycles. The van der Waals surface area contributed by atoms with Gasteiger partial charge in [-0.25, -0.2) is 0 Å². The Kier molecular flexibility index (Phi) is 1.42. The van der Waals surface area contributed by atoms with E-state index in [0.29, 0.717) is 0 Å². The molecule has 0 radical (unpaired) electrons. The van der Waals surface area contributed by atoms with Crippen LogP contribution in [0.25, 0.3) is 0 Å². The van der Waals surface area contributed by atoms with Gasteiger partial charge in [0.25, 0.3) is 0 Å². The lowest BCUT2D eigenvalue weighted by Gasteiger charge is -2.27. The monoisotopic (exact) mass is 140 g/mol. The van der Waals surface area contributed by atoms with E-state index in [2.05, 4.69) is 0 Å². The summed E-state index contributed by atoms with van der Waals surface area (Å²) in [6.45, 7) is 0. The Bertz CT molecular complexity index is 145. The maximum atomic E-state index is 5.17. The minimum Gasteiger partial charge on any atom is -0.345 e. The number of rotatable bonds is 0. The van der Waals surface area contributed by atoms with Gasteiger partial charge in [0, 0.05) is 0 Å². The van der Waals surface area contributed by atoms with E-state index in [9.17, 15) is 0 Å². The van der Waals surface area contributed by atoms with Crippen molar-refractivity contribution < 1.29 is 9.78 Å². The topological polar surface area (TPSA) is 18.5 Å². The van der Waals surface area contributed by atoms with Crippen molar-refractivity contribution in [1.82, 2.24) is 0 Å². The van der Waals surface area contributed by atoms with E-state index >= 15 is 0 Å². The largest absolute Gasteiger partial charge is 0.345 e. The molecule has 1 fully saturated rings. The highest BCUT2D eigenvalue weighted by Crippen LogP contribution is 2.35. The molecule has 0 aromatic heterocycles. The van der Waals surface area contributed by atoms with Crippen molar-refractivity contribution in [2.45, 2.75) is 37.7 Å². The summed E-state index contributed by atoms with van der Waals surface area (Å²) in [6.07, 6.45) is 9.85. The van der Waals surface area contributed by atoms with Crippen LogP contribution in [0.2, 0.25) is 0 Å². The first-order valence-corrected chi connectivity index (χ1v) is 3.94. The van der Waals surface area contributed by atoms with Gasteiger partial charge in [-0.15, -0.1) is 0 Å². The van der Waals surface area contributed by atoms with Crippen LogP contribution in [-0.4, -0.2) is 5.60 Å². The van der Waals surface area contributed by atoms with Gasteiger partial charge in [-0.3, -0.25) is 0 Å². The number of hydrogen-bond acceptors (Lipinski definition) is 2. The summed E-state index contributed by atoms with van der Waals surface area (Å²) in [5.41, 5.74) is -0.0295. The summed E-state index contributed by atoms with van der Waals surface area (Å²) < 4.78 is 0. The van der Waals surface area contributed by atoms with Gasteiger partial charge in [0.05, 0.1) is 0 Å². The fraction of sp³-hybridized carbons (Fsp3) is 0.750. The molecule has 2 heteroatoms. The molecular formula is C8H12O2. The van der Waals surface area contributed by atoms with E-state index in [4.69, 9.17) is 9.78 Å². The molecule has 1 aliphatic carbocycles. The van der Waals surface area contributed by atoms with Crippen LogP contribution >= 0.6 is 0 Å². The lowest BCUT2D eigenvalue weighted by Crippen LogP contribution is -2.29. The van der Waals surface area contributed by atoms with Crippen molar-refractivity contribution in [1.29, 1.82) is 0 Å². The normalized spacial score (nSPS) is 28.8. The molecule has 1 saturated carbocycles. The summed E-state index contributed by atoms with van der Waals surface area (Å²) in [4.78, 5) is 9.93. The fourth-order valence-electron chi connectivity index (χ4n) is 1.70. The van der Waals surface area contributed by atoms with Gasteiger partial charge in [-0.2, -0.15) is 4.89 Å². The molecule has 10 heavy (non-hydrogen) atoms. The highest BCUT2D eigenvalue weighted by molar-refractivity contribution is 5.02. The Morgan fingerprint density at radius 1 is 1.10 bits per heavy atom. The molecule has 0 atom stereocenters. The quantitative estimate of drug-likeness (QED) is 0.480. The Hall–Kier alpha value is -0.500. The molecule has 1 aliphatic heterocycles. The summed E-state index contributed by atoms with van der Waals surface area (Å²) in [6, 6.07) is 0. The Morgan fingerprint density at radius 2 is 1.90 bits per heavy atom. The van der Waals surface area contributed by atoms with Gasteiger partial charge in [-0.05, 0) is 18.9 Å². The van der Waals surface area contributed by atoms with Gasteiger partial charge in [0.15, 0.2) is 0 Å². The van der Waals surface area contributed by atoms with E-state index in [-0.39, 0.29) is 5.60 Å². The third-order valence-corrected chi connectivity index (χ3v) is 2.34. The first-order valence-electron chi connectivity index (χ1n) is 3.94. The van der Waals surface area contributed by atoms with E-state index in [0.717, 1.165) is 12.8 Å². The van der Waals surface area contributed by atoms with Crippen LogP contribution in [0.15, 0.2) is 12.3 Å². The third kappa shape index (κ3) is 0.926. The van der Waals surface area contributed by atoms with E-state index in [1.807, 2.05) is 6.08 Å². The molecule has 0 bridgehead atoms. The predicted molar refractivity (Wildman–Crippen MR) is 37.1 cm³/mol. The van der Waals surface area contributed by atoms with Crippen molar-refractivity contribution >= 4 is 0 Å². The molecule has 2 aliphatic rings. The Morgan fingerprint density at radius 3 is 2.50 bits per heavy atom. The molecule has 2 rings (SSSR count). The molecule has 2 nitrogen and oxygen atoms in total. The van der Waals surface area contributed by atoms with Crippen molar-refractivity contribution in [2.24, 2.45) is 0 Å². The van der Waals surface area contributed by atoms with E-state index in [1.54, 1.807) is 6.26 Å². The minimum atomic E-state index is -0.0295. The summed E-state index contributed by atoms with van der Waals surface area (Å²) in [5, 5.41) is 0. The highest BCUT2D eigenvalue weighted by atomic mass is 17.2. The zero-order chi connectivity index (χ0) is 6.86. The fourth-order valence-corrected chi connectivity index (χ4v) is 1.70. The van der Waals surface area contributed by atoms with E-state index < -0.39 is 0 Å². The second-order valence-corrected chi connectivity index (χ2v) is 3.11. The Labute approximate surface area is 60.7 Å². The lowest BCUT2D eigenvalue weighted by atomic mass is 9.85. The molecular weight excluding hydrogens is 128 g/mol. The lowest BCUT2D eigenvalue weighted by molar-refractivity contribution is -0.296. The predicted octanol–water partition coefficient (Wildman–Crippen LogP) is 2.16. The zero-order valence-corrected chi connectivity index (χ0v) is 6.01. The summed E-state index contributed by atoms with van der Waals surface area (Å²) in [5.74, 6) is 0. The molecule has 0 unspecified atom stereocenters. The SMILES string of the molecule is C1=CC2(CCCCC2)OO1. The zero-order valence-electron chi connectivity index (χ0n) is 6.01. The minimum absolute atomic E-state index is 0.0295. The van der Waals surface area contributed by atoms with Gasteiger partial charge in [-0.1, -0.05) is 19.3 Å². The van der Waals surface area contributed by atoms with Crippen LogP contribution in [0.5, 0.6) is 0 Å². The molecule has 0 aromatic carbocycles. The molecule has 1 heterocycles. The Balaban J connectivity index is 2.05. The maximum Gasteiger partial charge on any atom is 0.136 e. The van der Waals surface area contributed by atoms with Gasteiger partial charge >= 0.3 is 0 Å². The standard InChI is InChI=1S/C8H12O2/c1-2-4-8(5-3-1)6-7-9-10-8/h6-7H,1-5H2. The summed E-state index contributed by atoms with van der Waals surface area (Å²) in [7, 11) is 0. The molecule has 0 amide bonds. The second kappa shape index (κ2) is 2.27. The molecule has 0 aromatic rings. The van der Waals surface area contributed by atoms with Crippen molar-refractivity contribution in [3.8, 4) is 0 Å². The van der Waals surface area contributed by atoms with Crippen LogP contribution in [0.3, 0.4) is 0 Å². The van der Waals surface area contributed by atoms with E-state index in [1.165, 1.54) is 19.3 Å². The van der Waals surface area contributed by atoms with Crippen LogP contribution in [0.1, 0.15) is 32.1 Å². The van der Waals surface area contributed by atoms with Crippen molar-refractivity contribution in [3.63, 3.8) is 0 Å². The maximum absolute atomic E-state index is 5.17. The first kappa shape index (κ1) is 6.23. The van der Waals surface area contributed by atoms with Crippen LogP contribution in [-0.2, 0) is 9.78 Å². The van der Waals surface area contributed by atoms with Gasteiger partial charge in [0.1, 0.15) is 11.9 Å². The van der Waals surface area contributed by atoms with Gasteiger partial charge in [0.2, 0.25) is 0 Å². The third-order valence-electron chi connectivity index (χ3n) is 2.34. The average Bonchev–Trinajstić information content (AvgIpc) is 2.39. The molecule has 1 spiro atoms. The average molecular weight is 140 g/mol. The molecule has 56 valence electrons. The van der Waals surface area contributed by atoms with Gasteiger partial charge < -0.3 is 4.89 Å².